The fraction of sp³-hybridized carbons (Fsp3) is 0.734. The number of carbonyl (C=O) groups excluding carboxylic acids is 1. The third kappa shape index (κ3) is 39.0. The average Bonchev–Trinajstić information content (AvgIpc) is 0.785. The number of aliphatic hydroxyl groups is 11. The molecule has 3 aliphatic heterocycles. The SMILES string of the molecule is CC/C=C\C/C=C\C/C=C\C/C=C\C/C=C\C/C=C\C/C=C\CCCC(=O)NC(COC1OC(CO)C(OC2OC(CO)C(OC3OC(CO)C(O)C(O)C3O)C(O)C2O)C(O)C1O)C(O)/C=C/CC/C=C/CC/C=C/CCCCCCCCCCCCCCCCCCCCCC. The van der Waals surface area contributed by atoms with Crippen molar-refractivity contribution in [1.82, 2.24) is 5.32 Å². The van der Waals surface area contributed by atoms with Crippen LogP contribution in [0.4, 0.5) is 0 Å². The largest absolute Gasteiger partial charge is 0.394 e. The molecule has 3 aliphatic rings. The normalized spacial score (nSPS) is 27.5. The molecule has 0 aliphatic carbocycles. The van der Waals surface area contributed by atoms with E-state index >= 15 is 0 Å². The van der Waals surface area contributed by atoms with E-state index in [9.17, 15) is 61.0 Å². The Morgan fingerprint density at radius 3 is 1.14 bits per heavy atom. The van der Waals surface area contributed by atoms with Crippen molar-refractivity contribution in [2.24, 2.45) is 0 Å². The van der Waals surface area contributed by atoms with Gasteiger partial charge in [0.2, 0.25) is 5.91 Å². The van der Waals surface area contributed by atoms with E-state index in [1.807, 2.05) is 12.2 Å². The van der Waals surface area contributed by atoms with Crippen molar-refractivity contribution >= 4 is 5.91 Å². The molecule has 3 saturated heterocycles. The summed E-state index contributed by atoms with van der Waals surface area (Å²) in [6.07, 6.45) is 54.8. The molecule has 3 heterocycles. The molecule has 0 bridgehead atoms. The number of aliphatic hydroxyl groups excluding tert-OH is 11. The Morgan fingerprint density at radius 1 is 0.378 bits per heavy atom. The van der Waals surface area contributed by atoms with Gasteiger partial charge in [-0.2, -0.15) is 0 Å². The zero-order valence-electron chi connectivity index (χ0n) is 59.7. The van der Waals surface area contributed by atoms with Gasteiger partial charge >= 0.3 is 0 Å². The van der Waals surface area contributed by atoms with Crippen molar-refractivity contribution in [2.45, 2.75) is 343 Å². The van der Waals surface area contributed by atoms with Gasteiger partial charge in [0.05, 0.1) is 38.6 Å². The molecule has 3 rings (SSSR count). The van der Waals surface area contributed by atoms with Crippen LogP contribution in [0.25, 0.3) is 0 Å². The van der Waals surface area contributed by atoms with E-state index in [2.05, 4.69) is 122 Å². The minimum Gasteiger partial charge on any atom is -0.394 e. The van der Waals surface area contributed by atoms with Crippen LogP contribution in [0, 0.1) is 0 Å². The smallest absolute Gasteiger partial charge is 0.220 e. The predicted molar refractivity (Wildman–Crippen MR) is 387 cm³/mol. The first-order valence-corrected chi connectivity index (χ1v) is 37.8. The molecule has 0 spiro atoms. The average molecular weight is 1380 g/mol. The third-order valence-corrected chi connectivity index (χ3v) is 18.0. The summed E-state index contributed by atoms with van der Waals surface area (Å²) in [6, 6.07) is -1.04. The second-order valence-corrected chi connectivity index (χ2v) is 26.4. The third-order valence-electron chi connectivity index (χ3n) is 18.0. The van der Waals surface area contributed by atoms with Gasteiger partial charge < -0.3 is 89.9 Å². The summed E-state index contributed by atoms with van der Waals surface area (Å²) < 4.78 is 34.3. The summed E-state index contributed by atoms with van der Waals surface area (Å²) in [5, 5.41) is 121. The molecule has 98 heavy (non-hydrogen) atoms. The Labute approximate surface area is 588 Å². The first-order valence-electron chi connectivity index (χ1n) is 37.8. The Kier molecular flexibility index (Phi) is 52.9. The maximum absolute atomic E-state index is 13.4. The second-order valence-electron chi connectivity index (χ2n) is 26.4. The van der Waals surface area contributed by atoms with Crippen LogP contribution >= 0.6 is 0 Å². The van der Waals surface area contributed by atoms with Gasteiger partial charge in [0, 0.05) is 6.42 Å². The summed E-state index contributed by atoms with van der Waals surface area (Å²) in [5.41, 5.74) is 0. The van der Waals surface area contributed by atoms with Crippen LogP contribution in [0.15, 0.2) is 122 Å². The van der Waals surface area contributed by atoms with E-state index in [4.69, 9.17) is 28.4 Å². The number of allylic oxidation sites excluding steroid dienone is 19. The van der Waals surface area contributed by atoms with Crippen molar-refractivity contribution in [3.63, 3.8) is 0 Å². The summed E-state index contributed by atoms with van der Waals surface area (Å²) in [7, 11) is 0. The quantitative estimate of drug-likeness (QED) is 0.0199. The van der Waals surface area contributed by atoms with Gasteiger partial charge in [-0.1, -0.05) is 257 Å². The van der Waals surface area contributed by atoms with Gasteiger partial charge in [-0.3, -0.25) is 4.79 Å². The molecule has 19 nitrogen and oxygen atoms in total. The molecular formula is C79H133NO18. The summed E-state index contributed by atoms with van der Waals surface area (Å²) >= 11 is 0. The fourth-order valence-electron chi connectivity index (χ4n) is 11.9. The van der Waals surface area contributed by atoms with Crippen molar-refractivity contribution in [3.05, 3.63) is 122 Å². The lowest BCUT2D eigenvalue weighted by atomic mass is 9.96. The topological polar surface area (TPSA) is 307 Å². The van der Waals surface area contributed by atoms with Crippen LogP contribution in [0.5, 0.6) is 0 Å². The second kappa shape index (κ2) is 58.7. The van der Waals surface area contributed by atoms with E-state index < -0.39 is 131 Å². The van der Waals surface area contributed by atoms with Crippen LogP contribution in [0.2, 0.25) is 0 Å². The lowest BCUT2D eigenvalue weighted by Crippen LogP contribution is -2.66. The number of hydrogen-bond acceptors (Lipinski definition) is 18. The highest BCUT2D eigenvalue weighted by atomic mass is 16.8. The first-order chi connectivity index (χ1) is 47.8. The highest BCUT2D eigenvalue weighted by Crippen LogP contribution is 2.33. The van der Waals surface area contributed by atoms with E-state index in [0.717, 1.165) is 70.6 Å². The number of ether oxygens (including phenoxy) is 6. The minimum atomic E-state index is -2.00. The molecule has 1 amide bonds. The van der Waals surface area contributed by atoms with E-state index in [0.29, 0.717) is 19.3 Å². The van der Waals surface area contributed by atoms with Gasteiger partial charge in [0.1, 0.15) is 73.2 Å². The molecule has 0 radical (unpaired) electrons. The number of amides is 1. The monoisotopic (exact) mass is 1380 g/mol. The van der Waals surface area contributed by atoms with Crippen molar-refractivity contribution in [3.8, 4) is 0 Å². The van der Waals surface area contributed by atoms with Crippen LogP contribution in [0.1, 0.15) is 239 Å². The van der Waals surface area contributed by atoms with Gasteiger partial charge in [-0.15, -0.1) is 0 Å². The standard InChI is InChI=1S/C79H133NO18/c1-3-5-7-9-11-13-15-17-19-21-23-25-27-28-29-30-31-32-33-35-36-38-40-42-44-46-48-50-52-54-56-63(84)62(80-67(85)57-55-53-51-49-47-45-43-41-39-37-34-26-24-22-20-18-16-14-12-10-8-6-4-2)61-93-77-73(91)70(88)75(65(59-82)95-77)98-79-74(92)71(89)76(66(60-83)96-79)97-78-72(90)69(87)68(86)64(58-81)94-78/h6,8,12,14,18,20,24,26,37-40,43,45-46,48-49,51,54,56,62-66,68-79,81-84,86-92H,3-5,7,9-11,13,15-17,19,21-23,25,27-36,41-42,44,47,50,52-53,55,57-61H2,1-2H3,(H,80,85)/b8-6-,14-12-,20-18-,26-24-,39-37-,40-38+,45-43-,48-46+,51-49-,56-54+. The van der Waals surface area contributed by atoms with Crippen molar-refractivity contribution in [2.75, 3.05) is 26.4 Å². The van der Waals surface area contributed by atoms with Gasteiger partial charge in [-0.25, -0.2) is 0 Å². The molecule has 17 atom stereocenters. The molecule has 19 heteroatoms. The van der Waals surface area contributed by atoms with E-state index in [1.165, 1.54) is 128 Å². The minimum absolute atomic E-state index is 0.144. The lowest BCUT2D eigenvalue weighted by Gasteiger charge is -2.48. The van der Waals surface area contributed by atoms with Crippen LogP contribution in [-0.2, 0) is 33.2 Å². The van der Waals surface area contributed by atoms with Crippen molar-refractivity contribution in [1.29, 1.82) is 0 Å². The lowest BCUT2D eigenvalue weighted by molar-refractivity contribution is -0.379. The molecule has 17 unspecified atom stereocenters. The molecular weight excluding hydrogens is 1250 g/mol. The number of nitrogens with one attached hydrogen (secondary N) is 1. The molecule has 0 aromatic rings. The van der Waals surface area contributed by atoms with Gasteiger partial charge in [-0.05, 0) is 96.3 Å². The Hall–Kier alpha value is -3.81. The van der Waals surface area contributed by atoms with E-state index in [-0.39, 0.29) is 12.3 Å². The Balaban J connectivity index is 1.45. The molecule has 0 aromatic heterocycles. The highest BCUT2D eigenvalue weighted by Gasteiger charge is 2.53. The Morgan fingerprint density at radius 2 is 0.714 bits per heavy atom. The number of carbonyl (C=O) groups is 1. The molecule has 3 fully saturated rings. The van der Waals surface area contributed by atoms with Crippen molar-refractivity contribution < 1.29 is 89.4 Å². The first kappa shape index (κ1) is 88.4. The van der Waals surface area contributed by atoms with Crippen LogP contribution < -0.4 is 5.32 Å². The molecule has 0 aromatic carbocycles. The molecule has 12 N–H and O–H groups in total. The maximum atomic E-state index is 13.4. The van der Waals surface area contributed by atoms with Gasteiger partial charge in [0.15, 0.2) is 18.9 Å². The zero-order valence-corrected chi connectivity index (χ0v) is 59.7. The summed E-state index contributed by atoms with van der Waals surface area (Å²) in [4.78, 5) is 13.4. The van der Waals surface area contributed by atoms with E-state index in [1.54, 1.807) is 6.08 Å². The summed E-state index contributed by atoms with van der Waals surface area (Å²) in [6.45, 7) is 1.55. The maximum Gasteiger partial charge on any atom is 0.220 e. The molecule has 0 saturated carbocycles. The van der Waals surface area contributed by atoms with Crippen LogP contribution in [0.3, 0.4) is 0 Å². The Bertz CT molecular complexity index is 2250. The summed E-state index contributed by atoms with van der Waals surface area (Å²) in [5.74, 6) is -0.351. The predicted octanol–water partition coefficient (Wildman–Crippen LogP) is 11.6. The fourth-order valence-corrected chi connectivity index (χ4v) is 11.9. The number of unbranched alkanes of at least 4 members (excludes halogenated alkanes) is 23. The highest BCUT2D eigenvalue weighted by molar-refractivity contribution is 5.76. The zero-order chi connectivity index (χ0) is 71.1. The number of hydrogen-bond donors (Lipinski definition) is 12. The molecule has 562 valence electrons. The van der Waals surface area contributed by atoms with Gasteiger partial charge in [0.25, 0.3) is 0 Å². The van der Waals surface area contributed by atoms with Crippen LogP contribution in [-0.4, -0.2) is 193 Å². The number of rotatable bonds is 57.